The highest BCUT2D eigenvalue weighted by molar-refractivity contribution is 6.08. The maximum Gasteiger partial charge on any atom is 0.303 e. The van der Waals surface area contributed by atoms with Crippen molar-refractivity contribution >= 4 is 23.5 Å². The molecule has 0 aromatic heterocycles. The van der Waals surface area contributed by atoms with Crippen LogP contribution in [0.5, 0.6) is 0 Å². The van der Waals surface area contributed by atoms with Crippen LogP contribution in [0.2, 0.25) is 0 Å². The number of ether oxygens (including phenoxy) is 1. The fourth-order valence-corrected chi connectivity index (χ4v) is 8.99. The van der Waals surface area contributed by atoms with E-state index in [0.29, 0.717) is 24.0 Å². The number of hydrogen-bond donors (Lipinski definition) is 4. The molecule has 0 aromatic rings. The van der Waals surface area contributed by atoms with Crippen molar-refractivity contribution in [3.63, 3.8) is 0 Å². The van der Waals surface area contributed by atoms with E-state index in [4.69, 9.17) is 4.74 Å². The number of aliphatic hydroxyl groups excluding tert-OH is 2. The quantitative estimate of drug-likeness (QED) is 0.389. The summed E-state index contributed by atoms with van der Waals surface area (Å²) in [6, 6.07) is 0. The van der Waals surface area contributed by atoms with Crippen molar-refractivity contribution in [2.75, 3.05) is 0 Å². The van der Waals surface area contributed by atoms with Crippen molar-refractivity contribution in [2.45, 2.75) is 111 Å². The topological polar surface area (TPSA) is 158 Å². The molecule has 0 aromatic carbocycles. The van der Waals surface area contributed by atoms with Gasteiger partial charge in [-0.15, -0.1) is 0 Å². The summed E-state index contributed by atoms with van der Waals surface area (Å²) < 4.78 is 5.73. The molecular formula is C29H42O9. The van der Waals surface area contributed by atoms with Crippen molar-refractivity contribution in [2.24, 2.45) is 33.5 Å². The van der Waals surface area contributed by atoms with Gasteiger partial charge in [0, 0.05) is 36.7 Å². The Morgan fingerprint density at radius 1 is 1.11 bits per heavy atom. The Balaban J connectivity index is 1.99. The first-order valence-corrected chi connectivity index (χ1v) is 13.6. The summed E-state index contributed by atoms with van der Waals surface area (Å²) in [5.74, 6) is -3.76. The van der Waals surface area contributed by atoms with E-state index in [-0.39, 0.29) is 37.4 Å². The van der Waals surface area contributed by atoms with Crippen LogP contribution in [0.15, 0.2) is 11.1 Å². The summed E-state index contributed by atoms with van der Waals surface area (Å²) in [7, 11) is 0. The van der Waals surface area contributed by atoms with Crippen LogP contribution in [0.1, 0.15) is 87.0 Å². The van der Waals surface area contributed by atoms with Gasteiger partial charge in [-0.25, -0.2) is 0 Å². The minimum absolute atomic E-state index is 0.154. The number of ketones is 2. The number of carbonyl (C=O) groups excluding carboxylic acids is 3. The first-order valence-electron chi connectivity index (χ1n) is 13.6. The number of carboxylic acid groups (broad SMARTS) is 1. The third-order valence-corrected chi connectivity index (χ3v) is 11.3. The van der Waals surface area contributed by atoms with E-state index in [0.717, 1.165) is 0 Å². The molecule has 4 aliphatic carbocycles. The minimum Gasteiger partial charge on any atom is -0.481 e. The van der Waals surface area contributed by atoms with Crippen LogP contribution in [0.4, 0.5) is 0 Å². The molecule has 4 aliphatic rings. The summed E-state index contributed by atoms with van der Waals surface area (Å²) in [4.78, 5) is 52.3. The molecule has 0 heterocycles. The van der Waals surface area contributed by atoms with Crippen molar-refractivity contribution < 1.29 is 44.3 Å². The fraction of sp³-hybridized carbons (Fsp3) is 0.793. The second-order valence-electron chi connectivity index (χ2n) is 13.6. The number of carboxylic acids is 1. The Kier molecular flexibility index (Phi) is 6.62. The predicted octanol–water partition coefficient (Wildman–Crippen LogP) is 2.58. The molecule has 0 bridgehead atoms. The maximum absolute atomic E-state index is 14.5. The second kappa shape index (κ2) is 8.70. The molecule has 2 fully saturated rings. The molecule has 0 radical (unpaired) electrons. The summed E-state index contributed by atoms with van der Waals surface area (Å²) in [5.41, 5.74) is -5.29. The molecule has 212 valence electrons. The normalized spacial score (nSPS) is 43.6. The van der Waals surface area contributed by atoms with Crippen LogP contribution in [-0.2, 0) is 23.9 Å². The molecule has 9 heteroatoms. The van der Waals surface area contributed by atoms with Gasteiger partial charge in [0.25, 0.3) is 0 Å². The van der Waals surface area contributed by atoms with E-state index >= 15 is 0 Å². The molecule has 2 saturated carbocycles. The first-order chi connectivity index (χ1) is 17.3. The summed E-state index contributed by atoms with van der Waals surface area (Å²) in [6.07, 6.45) is -2.68. The van der Waals surface area contributed by atoms with Gasteiger partial charge < -0.3 is 25.2 Å². The molecule has 0 aliphatic heterocycles. The van der Waals surface area contributed by atoms with Crippen molar-refractivity contribution in [3.05, 3.63) is 11.1 Å². The van der Waals surface area contributed by atoms with E-state index in [1.165, 1.54) is 13.8 Å². The first kappa shape index (κ1) is 28.9. The minimum atomic E-state index is -1.67. The van der Waals surface area contributed by atoms with Gasteiger partial charge in [0.05, 0.1) is 23.2 Å². The molecule has 38 heavy (non-hydrogen) atoms. The lowest BCUT2D eigenvalue weighted by atomic mass is 9.41. The Bertz CT molecular complexity index is 1120. The Morgan fingerprint density at radius 3 is 2.26 bits per heavy atom. The van der Waals surface area contributed by atoms with Gasteiger partial charge in [0.15, 0.2) is 6.10 Å². The number of rotatable bonds is 5. The Morgan fingerprint density at radius 2 is 1.71 bits per heavy atom. The van der Waals surface area contributed by atoms with E-state index in [9.17, 15) is 39.6 Å². The molecule has 0 spiro atoms. The third-order valence-electron chi connectivity index (χ3n) is 11.3. The molecule has 0 unspecified atom stereocenters. The molecule has 0 amide bonds. The Labute approximate surface area is 223 Å². The fourth-order valence-electron chi connectivity index (χ4n) is 8.99. The SMILES string of the molecule is CC(=O)O[C@@H]1C(=O)C2=C([C@@H](O)C[C@H]3C(C)(C)[C@@H](O)CC[C@]23C)[C@]2(C)C(=O)C[C@H]([C@@](C)(O)CCC(=O)O)[C@@]12C. The molecule has 9 nitrogen and oxygen atoms in total. The number of aliphatic carboxylic acids is 1. The lowest BCUT2D eigenvalue weighted by Crippen LogP contribution is -2.66. The highest BCUT2D eigenvalue weighted by atomic mass is 16.5. The van der Waals surface area contributed by atoms with Gasteiger partial charge in [0.1, 0.15) is 5.78 Å². The standard InChI is InChI=1S/C29H42O9/c1-14(30)38-24-23(36)22-21(15(31)12-16-25(2,3)18(32)8-10-26(16,22)4)29(7)19(33)13-17(28(24,29)6)27(5,37)11-9-20(34)35/h15-18,24,31-32,37H,8-13H2,1-7H3,(H,34,35)/t15-,16-,17+,18-,24+,26-,27-,28-,29-/m0/s1. The molecule has 0 saturated heterocycles. The smallest absolute Gasteiger partial charge is 0.303 e. The largest absolute Gasteiger partial charge is 0.481 e. The van der Waals surface area contributed by atoms with E-state index in [2.05, 4.69) is 0 Å². The molecule has 9 atom stereocenters. The summed E-state index contributed by atoms with van der Waals surface area (Å²) in [6.45, 7) is 11.8. The van der Waals surface area contributed by atoms with Crippen LogP contribution in [0, 0.1) is 33.5 Å². The average molecular weight is 535 g/mol. The number of aliphatic hydroxyl groups is 3. The zero-order valence-corrected chi connectivity index (χ0v) is 23.5. The Hall–Kier alpha value is -2.10. The summed E-state index contributed by atoms with van der Waals surface area (Å²) in [5, 5.41) is 43.3. The lowest BCUT2D eigenvalue weighted by molar-refractivity contribution is -0.186. The van der Waals surface area contributed by atoms with Gasteiger partial charge in [-0.05, 0) is 61.9 Å². The number of Topliss-reactive ketones (excluding diaryl/α,β-unsaturated/α-hetero) is 2. The van der Waals surface area contributed by atoms with Crippen LogP contribution in [0.3, 0.4) is 0 Å². The number of hydrogen-bond acceptors (Lipinski definition) is 8. The van der Waals surface area contributed by atoms with Crippen LogP contribution in [-0.4, -0.2) is 67.8 Å². The van der Waals surface area contributed by atoms with E-state index < -0.39 is 69.2 Å². The number of fused-ring (bicyclic) bond motifs is 4. The van der Waals surface area contributed by atoms with Gasteiger partial charge in [-0.1, -0.05) is 27.7 Å². The zero-order valence-electron chi connectivity index (χ0n) is 23.5. The molecular weight excluding hydrogens is 492 g/mol. The highest BCUT2D eigenvalue weighted by Crippen LogP contribution is 2.71. The number of carbonyl (C=O) groups is 4. The van der Waals surface area contributed by atoms with Gasteiger partial charge in [-0.3, -0.25) is 19.2 Å². The van der Waals surface area contributed by atoms with Crippen molar-refractivity contribution in [3.8, 4) is 0 Å². The average Bonchev–Trinajstić information content (AvgIpc) is 3.02. The van der Waals surface area contributed by atoms with Gasteiger partial charge >= 0.3 is 11.9 Å². The predicted molar refractivity (Wildman–Crippen MR) is 136 cm³/mol. The monoisotopic (exact) mass is 534 g/mol. The van der Waals surface area contributed by atoms with E-state index in [1.54, 1.807) is 13.8 Å². The third kappa shape index (κ3) is 3.60. The maximum atomic E-state index is 14.5. The van der Waals surface area contributed by atoms with Crippen molar-refractivity contribution in [1.82, 2.24) is 0 Å². The second-order valence-corrected chi connectivity index (χ2v) is 13.6. The molecule has 4 N–H and O–H groups in total. The van der Waals surface area contributed by atoms with Gasteiger partial charge in [-0.2, -0.15) is 0 Å². The molecule has 4 rings (SSSR count). The van der Waals surface area contributed by atoms with E-state index in [1.807, 2.05) is 20.8 Å². The van der Waals surface area contributed by atoms with Crippen molar-refractivity contribution in [1.29, 1.82) is 0 Å². The lowest BCUT2D eigenvalue weighted by Gasteiger charge is -2.63. The van der Waals surface area contributed by atoms with Gasteiger partial charge in [0.2, 0.25) is 5.78 Å². The number of esters is 1. The van der Waals surface area contributed by atoms with Crippen LogP contribution in [0.25, 0.3) is 0 Å². The highest BCUT2D eigenvalue weighted by Gasteiger charge is 2.75. The van der Waals surface area contributed by atoms with Crippen LogP contribution < -0.4 is 0 Å². The zero-order chi connectivity index (χ0) is 28.8. The van der Waals surface area contributed by atoms with Crippen LogP contribution >= 0.6 is 0 Å². The summed E-state index contributed by atoms with van der Waals surface area (Å²) >= 11 is 0.